The van der Waals surface area contributed by atoms with Crippen molar-refractivity contribution < 1.29 is 14.2 Å². The fourth-order valence-corrected chi connectivity index (χ4v) is 5.06. The molecule has 2 saturated heterocycles. The topological polar surface area (TPSA) is 74.0 Å². The molecule has 3 heterocycles. The fourth-order valence-electron chi connectivity index (χ4n) is 5.06. The first-order valence-corrected chi connectivity index (χ1v) is 14.2. The largest absolute Gasteiger partial charge is 0.491 e. The van der Waals surface area contributed by atoms with Gasteiger partial charge >= 0.3 is 5.69 Å². The van der Waals surface area contributed by atoms with E-state index < -0.39 is 0 Å². The molecule has 2 aromatic carbocycles. The first kappa shape index (κ1) is 27.3. The molecule has 0 saturated carbocycles. The van der Waals surface area contributed by atoms with E-state index in [4.69, 9.17) is 14.2 Å². The van der Waals surface area contributed by atoms with Gasteiger partial charge in [0.2, 0.25) is 0 Å². The minimum atomic E-state index is -0.109. The molecule has 5 rings (SSSR count). The molecule has 0 bridgehead atoms. The SMILES string of the molecule is CCC(C)n1ncn(-c2ccc(N3CCN(c4ccc(OC[C@@H]5CO[C@@H](CC(C)C)O5)cc4)CC3)cc2)c1=O. The van der Waals surface area contributed by atoms with E-state index in [0.717, 1.165) is 50.5 Å². The molecule has 0 radical (unpaired) electrons. The van der Waals surface area contributed by atoms with E-state index in [-0.39, 0.29) is 24.1 Å². The molecule has 3 atom stereocenters. The first-order valence-electron chi connectivity index (χ1n) is 14.2. The second-order valence-corrected chi connectivity index (χ2v) is 10.9. The molecule has 0 aliphatic carbocycles. The quantitative estimate of drug-likeness (QED) is 0.379. The van der Waals surface area contributed by atoms with Gasteiger partial charge in [0.1, 0.15) is 24.8 Å². The molecular formula is C30H41N5O4. The number of hydrogen-bond acceptors (Lipinski definition) is 7. The van der Waals surface area contributed by atoms with E-state index in [1.807, 2.05) is 31.2 Å². The van der Waals surface area contributed by atoms with Gasteiger partial charge in [-0.3, -0.25) is 0 Å². The highest BCUT2D eigenvalue weighted by molar-refractivity contribution is 5.54. The predicted molar refractivity (Wildman–Crippen MR) is 153 cm³/mol. The molecule has 0 amide bonds. The van der Waals surface area contributed by atoms with Gasteiger partial charge < -0.3 is 24.0 Å². The fraction of sp³-hybridized carbons (Fsp3) is 0.533. The third kappa shape index (κ3) is 6.47. The Labute approximate surface area is 230 Å². The zero-order valence-electron chi connectivity index (χ0n) is 23.5. The molecule has 2 fully saturated rings. The number of hydrogen-bond donors (Lipinski definition) is 0. The van der Waals surface area contributed by atoms with E-state index in [1.165, 1.54) is 11.4 Å². The van der Waals surface area contributed by atoms with Gasteiger partial charge in [0, 0.05) is 44.0 Å². The smallest absolute Gasteiger partial charge is 0.350 e. The summed E-state index contributed by atoms with van der Waals surface area (Å²) in [6, 6.07) is 16.6. The van der Waals surface area contributed by atoms with Gasteiger partial charge in [-0.1, -0.05) is 20.8 Å². The average Bonchev–Trinajstić information content (AvgIpc) is 3.57. The third-order valence-corrected chi connectivity index (χ3v) is 7.59. The van der Waals surface area contributed by atoms with E-state index in [1.54, 1.807) is 15.6 Å². The van der Waals surface area contributed by atoms with Gasteiger partial charge in [-0.05, 0) is 67.8 Å². The molecule has 2 aliphatic rings. The molecule has 9 heteroatoms. The Morgan fingerprint density at radius 1 is 0.923 bits per heavy atom. The lowest BCUT2D eigenvalue weighted by molar-refractivity contribution is -0.0739. The normalized spacial score (nSPS) is 20.5. The summed E-state index contributed by atoms with van der Waals surface area (Å²) in [6.07, 6.45) is 3.26. The Bertz CT molecular complexity index is 1250. The summed E-state index contributed by atoms with van der Waals surface area (Å²) >= 11 is 0. The van der Waals surface area contributed by atoms with Crippen LogP contribution in [0, 0.1) is 5.92 Å². The number of ether oxygens (including phenoxy) is 3. The van der Waals surface area contributed by atoms with E-state index in [2.05, 4.69) is 59.9 Å². The lowest BCUT2D eigenvalue weighted by Crippen LogP contribution is -2.46. The zero-order chi connectivity index (χ0) is 27.4. The molecule has 39 heavy (non-hydrogen) atoms. The van der Waals surface area contributed by atoms with Crippen LogP contribution in [0.15, 0.2) is 59.7 Å². The maximum atomic E-state index is 12.7. The maximum absolute atomic E-state index is 12.7. The summed E-state index contributed by atoms with van der Waals surface area (Å²) in [4.78, 5) is 17.5. The van der Waals surface area contributed by atoms with Crippen molar-refractivity contribution in [1.82, 2.24) is 14.3 Å². The van der Waals surface area contributed by atoms with Gasteiger partial charge in [0.05, 0.1) is 18.3 Å². The Kier molecular flexibility index (Phi) is 8.57. The monoisotopic (exact) mass is 535 g/mol. The van der Waals surface area contributed by atoms with Crippen molar-refractivity contribution in [3.8, 4) is 11.4 Å². The second kappa shape index (κ2) is 12.3. The molecule has 210 valence electrons. The molecule has 9 nitrogen and oxygen atoms in total. The lowest BCUT2D eigenvalue weighted by Gasteiger charge is -2.37. The van der Waals surface area contributed by atoms with Gasteiger partial charge in [0.15, 0.2) is 6.29 Å². The number of piperazine rings is 1. The predicted octanol–water partition coefficient (Wildman–Crippen LogP) is 4.50. The number of anilines is 2. The van der Waals surface area contributed by atoms with Crippen LogP contribution in [0.5, 0.6) is 5.75 Å². The maximum Gasteiger partial charge on any atom is 0.350 e. The van der Waals surface area contributed by atoms with E-state index in [0.29, 0.717) is 19.1 Å². The third-order valence-electron chi connectivity index (χ3n) is 7.59. The molecule has 3 aromatic rings. The highest BCUT2D eigenvalue weighted by atomic mass is 16.7. The highest BCUT2D eigenvalue weighted by Gasteiger charge is 2.27. The van der Waals surface area contributed by atoms with Crippen molar-refractivity contribution in [3.63, 3.8) is 0 Å². The number of nitrogens with zero attached hydrogens (tertiary/aromatic N) is 5. The van der Waals surface area contributed by atoms with Crippen molar-refractivity contribution in [2.45, 2.75) is 59.0 Å². The highest BCUT2D eigenvalue weighted by Crippen LogP contribution is 2.25. The van der Waals surface area contributed by atoms with E-state index >= 15 is 0 Å². The van der Waals surface area contributed by atoms with Crippen molar-refractivity contribution in [2.75, 3.05) is 49.2 Å². The number of aromatic nitrogens is 3. The number of benzene rings is 2. The summed E-state index contributed by atoms with van der Waals surface area (Å²) in [7, 11) is 0. The summed E-state index contributed by atoms with van der Waals surface area (Å²) in [5.74, 6) is 1.40. The van der Waals surface area contributed by atoms with Crippen molar-refractivity contribution >= 4 is 11.4 Å². The Hall–Kier alpha value is -3.30. The standard InChI is InChI=1S/C30H41N5O4/c1-5-23(4)35-30(36)34(21-31-35)26-8-6-24(7-9-26)32-14-16-33(17-15-32)25-10-12-27(13-11-25)37-19-28-20-38-29(39-28)18-22(2)3/h6-13,21-23,28-29H,5,14-20H2,1-4H3/t23?,28-,29-/m1/s1. The van der Waals surface area contributed by atoms with Crippen LogP contribution in [-0.4, -0.2) is 66.1 Å². The van der Waals surface area contributed by atoms with Crippen LogP contribution in [0.2, 0.25) is 0 Å². The first-order chi connectivity index (χ1) is 18.9. The summed E-state index contributed by atoms with van der Waals surface area (Å²) < 4.78 is 20.8. The minimum Gasteiger partial charge on any atom is -0.491 e. The van der Waals surface area contributed by atoms with Crippen LogP contribution in [0.3, 0.4) is 0 Å². The molecule has 0 N–H and O–H groups in total. The van der Waals surface area contributed by atoms with Crippen LogP contribution in [0.4, 0.5) is 11.4 Å². The van der Waals surface area contributed by atoms with Crippen LogP contribution < -0.4 is 20.2 Å². The summed E-state index contributed by atoms with van der Waals surface area (Å²) in [6.45, 7) is 13.2. The van der Waals surface area contributed by atoms with Crippen LogP contribution in [0.1, 0.15) is 46.6 Å². The summed E-state index contributed by atoms with van der Waals surface area (Å²) in [5.41, 5.74) is 3.10. The van der Waals surface area contributed by atoms with Crippen molar-refractivity contribution in [2.24, 2.45) is 5.92 Å². The molecular weight excluding hydrogens is 494 g/mol. The molecule has 2 aliphatic heterocycles. The molecule has 1 aromatic heterocycles. The molecule has 0 spiro atoms. The Balaban J connectivity index is 1.10. The van der Waals surface area contributed by atoms with Gasteiger partial charge in [-0.25, -0.2) is 14.0 Å². The molecule has 1 unspecified atom stereocenters. The average molecular weight is 536 g/mol. The van der Waals surface area contributed by atoms with Gasteiger partial charge in [0.25, 0.3) is 0 Å². The van der Waals surface area contributed by atoms with Crippen LogP contribution >= 0.6 is 0 Å². The second-order valence-electron chi connectivity index (χ2n) is 10.9. The zero-order valence-corrected chi connectivity index (χ0v) is 23.5. The Morgan fingerprint density at radius 3 is 2.10 bits per heavy atom. The minimum absolute atomic E-state index is 0.0148. The summed E-state index contributed by atoms with van der Waals surface area (Å²) in [5, 5.41) is 4.29. The van der Waals surface area contributed by atoms with Gasteiger partial charge in [-0.15, -0.1) is 0 Å². The Morgan fingerprint density at radius 2 is 1.51 bits per heavy atom. The van der Waals surface area contributed by atoms with Crippen molar-refractivity contribution in [3.05, 3.63) is 65.3 Å². The number of rotatable bonds is 10. The van der Waals surface area contributed by atoms with Crippen LogP contribution in [-0.2, 0) is 9.47 Å². The van der Waals surface area contributed by atoms with Crippen molar-refractivity contribution in [1.29, 1.82) is 0 Å². The van der Waals surface area contributed by atoms with Crippen LogP contribution in [0.25, 0.3) is 5.69 Å². The van der Waals surface area contributed by atoms with Gasteiger partial charge in [-0.2, -0.15) is 5.10 Å². The lowest BCUT2D eigenvalue weighted by atomic mass is 10.1. The van der Waals surface area contributed by atoms with E-state index in [9.17, 15) is 4.79 Å².